The molecule has 3 heterocycles. The first kappa shape index (κ1) is 93.0. The number of benzene rings is 6. The van der Waals surface area contributed by atoms with Gasteiger partial charge in [0.1, 0.15) is 17.5 Å². The van der Waals surface area contributed by atoms with E-state index in [2.05, 4.69) is 0 Å². The molecular weight excluding hydrogens is 1450 g/mol. The Morgan fingerprint density at radius 3 is 0.952 bits per heavy atom. The second-order valence-electron chi connectivity index (χ2n) is 24.7. The van der Waals surface area contributed by atoms with Gasteiger partial charge in [0, 0.05) is 118 Å². The van der Waals surface area contributed by atoms with Crippen molar-refractivity contribution in [3.63, 3.8) is 0 Å². The maximum Gasteiger partial charge on any atom is 2.00 e. The molecule has 3 aromatic heterocycles. The second-order valence-corrected chi connectivity index (χ2v) is 24.7. The summed E-state index contributed by atoms with van der Waals surface area (Å²) in [6.45, 7) is 3.88. The zero-order chi connectivity index (χ0) is 70.0. The van der Waals surface area contributed by atoms with Gasteiger partial charge < -0.3 is 90.6 Å². The average Bonchev–Trinajstić information content (AvgIpc) is 1.28. The number of rotatable bonds is 25. The van der Waals surface area contributed by atoms with Crippen molar-refractivity contribution < 1.29 is 138 Å². The number of fused-ring (bicyclic) bond motifs is 3. The van der Waals surface area contributed by atoms with Crippen molar-refractivity contribution in [2.24, 2.45) is 0 Å². The molecule has 3 fully saturated rings. The first-order valence-corrected chi connectivity index (χ1v) is 33.1. The van der Waals surface area contributed by atoms with E-state index in [4.69, 9.17) is 24.8 Å². The molecule has 0 spiro atoms. The molecule has 0 saturated heterocycles. The number of ether oxygens (including phenoxy) is 1. The fraction of sp³-hybridized carbons (Fsp3) is 0.316. The number of esters is 1. The molecule has 6 aromatic carbocycles. The van der Waals surface area contributed by atoms with Crippen LogP contribution in [0.1, 0.15) is 142 Å². The molecule has 0 radical (unpaired) electrons. The number of carbonyl (C=O) groups is 3. The first-order chi connectivity index (χ1) is 47.2. The standard InChI is InChI=1S/C27H28FNO4.2C25H24FNO4.C2H6O.2Ca.2ClH.Na.H2O/c1-2-33-25(32)16-21(31)15-20(30)13-14-23-26(17-9-11-19(28)12-10-17)22-5-3-4-6-24(22)29-27(23)18-7-8-18;2*26-17-9-7-15(8-10-17)24-20-3-1-2-4-22(20)27-25(16-5-6-16)21(24)12-11-18(28)13-19(29)14-23(30)31;1-2-3;;;;;;/h3-6,9-14,18,20-21,30-31H,2,7-8,15-16H2,1H3;2*1-4,7-12,16,18-19,28-29H,5-6,13-14H2,(H,30,31);3H,2H2,1H3;;;2*1H;;1H2/q;;;;2*+2;;;+1;/p-4/b14-13+;2*12-11+;;;;;;;/t20-,21-;2*18-,19-;;;;;;;/m111......./s1. The van der Waals surface area contributed by atoms with Crippen LogP contribution in [0, 0.1) is 17.5 Å². The largest absolute Gasteiger partial charge is 2.00 e. The number of para-hydroxylation sites is 3. The van der Waals surface area contributed by atoms with Gasteiger partial charge in [-0.1, -0.05) is 127 Å². The Hall–Kier alpha value is -5.25. The molecule has 3 aliphatic rings. The van der Waals surface area contributed by atoms with Crippen LogP contribution in [-0.2, 0) is 19.1 Å². The minimum absolute atomic E-state index is 0. The van der Waals surface area contributed by atoms with Gasteiger partial charge in [-0.3, -0.25) is 19.7 Å². The molecule has 104 heavy (non-hydrogen) atoms. The van der Waals surface area contributed by atoms with Gasteiger partial charge in [0.05, 0.1) is 83.3 Å². The van der Waals surface area contributed by atoms with E-state index in [1.807, 2.05) is 78.9 Å². The van der Waals surface area contributed by atoms with E-state index in [-0.39, 0.29) is 192 Å². The van der Waals surface area contributed by atoms with Gasteiger partial charge in [-0.25, -0.2) is 13.2 Å². The van der Waals surface area contributed by atoms with Gasteiger partial charge in [0.2, 0.25) is 0 Å². The minimum Gasteiger partial charge on any atom is -1.00 e. The maximum atomic E-state index is 13.6. The monoisotopic (exact) mass is 1530 g/mol. The van der Waals surface area contributed by atoms with E-state index in [1.165, 1.54) is 36.4 Å². The van der Waals surface area contributed by atoms with E-state index >= 15 is 0 Å². The summed E-state index contributed by atoms with van der Waals surface area (Å²) in [5.41, 5.74) is 13.3. The first-order valence-electron chi connectivity index (χ1n) is 33.1. The zero-order valence-corrected chi connectivity index (χ0v) is 66.1. The van der Waals surface area contributed by atoms with E-state index < -0.39 is 67.4 Å². The van der Waals surface area contributed by atoms with Crippen LogP contribution in [0.3, 0.4) is 0 Å². The molecular formula is C79H82Ca2Cl2F3N3NaO14+. The summed E-state index contributed by atoms with van der Waals surface area (Å²) in [4.78, 5) is 47.5. The van der Waals surface area contributed by atoms with Crippen LogP contribution in [0.4, 0.5) is 13.2 Å². The smallest absolute Gasteiger partial charge is 1.00 e. The minimum atomic E-state index is -1.36. The van der Waals surface area contributed by atoms with Gasteiger partial charge in [-0.2, -0.15) is 0 Å². The summed E-state index contributed by atoms with van der Waals surface area (Å²) in [5.74, 6) is -3.17. The molecule has 9 aromatic rings. The number of aromatic nitrogens is 3. The molecule has 0 aliphatic heterocycles. The van der Waals surface area contributed by atoms with Crippen LogP contribution >= 0.6 is 0 Å². The van der Waals surface area contributed by atoms with Crippen LogP contribution in [0.25, 0.3) is 84.3 Å². The van der Waals surface area contributed by atoms with Crippen LogP contribution in [0.2, 0.25) is 0 Å². The van der Waals surface area contributed by atoms with Gasteiger partial charge in [-0.15, -0.1) is 0 Å². The van der Waals surface area contributed by atoms with Crippen LogP contribution < -0.4 is 64.6 Å². The number of carboxylic acid groups (broad SMARTS) is 2. The van der Waals surface area contributed by atoms with Gasteiger partial charge in [0.25, 0.3) is 0 Å². The fourth-order valence-corrected chi connectivity index (χ4v) is 11.8. The number of aliphatic hydroxyl groups excluding tert-OH is 7. The Labute approximate surface area is 696 Å². The molecule has 9 N–H and O–H groups in total. The van der Waals surface area contributed by atoms with Crippen molar-refractivity contribution >= 4 is 144 Å². The predicted molar refractivity (Wildman–Crippen MR) is 383 cm³/mol. The number of aliphatic hydroxyl groups is 7. The Morgan fingerprint density at radius 1 is 0.462 bits per heavy atom. The molecule has 17 nitrogen and oxygen atoms in total. The molecule has 536 valence electrons. The normalized spacial score (nSPS) is 14.7. The number of hydrogen-bond acceptors (Lipinski definition) is 16. The van der Waals surface area contributed by atoms with Gasteiger partial charge in [0.15, 0.2) is 0 Å². The molecule has 0 bridgehead atoms. The molecule has 0 amide bonds. The van der Waals surface area contributed by atoms with Crippen LogP contribution in [0.15, 0.2) is 164 Å². The summed E-state index contributed by atoms with van der Waals surface area (Å²) < 4.78 is 45.6. The van der Waals surface area contributed by atoms with E-state index in [1.54, 1.807) is 80.6 Å². The molecule has 3 aliphatic carbocycles. The van der Waals surface area contributed by atoms with Crippen molar-refractivity contribution in [2.45, 2.75) is 145 Å². The van der Waals surface area contributed by atoms with E-state index in [0.29, 0.717) is 17.8 Å². The second kappa shape index (κ2) is 45.5. The number of carbonyl (C=O) groups excluding carboxylic acids is 3. The summed E-state index contributed by atoms with van der Waals surface area (Å²) in [6, 6.07) is 42.4. The molecule has 0 unspecified atom stereocenters. The topological polar surface area (TPSA) is 318 Å². The van der Waals surface area contributed by atoms with Gasteiger partial charge >= 0.3 is 111 Å². The molecule has 25 heteroatoms. The third-order valence-electron chi connectivity index (χ3n) is 16.7. The van der Waals surface area contributed by atoms with Crippen molar-refractivity contribution in [1.82, 2.24) is 15.0 Å². The Bertz CT molecular complexity index is 4150. The number of hydrogen-bond donors (Lipinski definition) is 7. The quantitative estimate of drug-likeness (QED) is 0.0307. The van der Waals surface area contributed by atoms with Crippen LogP contribution in [0.5, 0.6) is 0 Å². The number of pyridine rings is 3. The summed E-state index contributed by atoms with van der Waals surface area (Å²) in [7, 11) is 0. The fourth-order valence-electron chi connectivity index (χ4n) is 11.8. The molecule has 12 rings (SSSR count). The predicted octanol–water partition coefficient (Wildman–Crippen LogP) is 0.788. The number of aliphatic carboxylic acids is 2. The average molecular weight is 1530 g/mol. The summed E-state index contributed by atoms with van der Waals surface area (Å²) >= 11 is 0. The van der Waals surface area contributed by atoms with E-state index in [0.717, 1.165) is 138 Å². The Balaban J connectivity index is 0.000000386. The SMILES string of the molecule is CCO.CCOC(=O)C[C@H](O)C[C@H](O)/C=C/c1c(C2CC2)nc2ccccc2c1-c1ccc(F)cc1.O.O=C([O-])C[C@H](O)C[C@H](O)/C=C/c1c(C2CC2)nc2ccccc2c1-c1ccc(F)cc1.O=C([O-])C[C@H](O)C[C@H](O)/C=C/c1c(C2CC2)nc2ccccc2c1-c1ccc(F)cc1.[Ca+2].[Ca+2].[Cl-].[Cl-].[Na+]. The van der Waals surface area contributed by atoms with Crippen LogP contribution in [-0.4, -0.2) is 199 Å². The number of carboxylic acids is 2. The number of nitrogens with zero attached hydrogens (tertiary/aromatic N) is 3. The van der Waals surface area contributed by atoms with E-state index in [9.17, 15) is 68.4 Å². The molecule has 6 atom stereocenters. The maximum absolute atomic E-state index is 13.6. The third-order valence-corrected chi connectivity index (χ3v) is 16.7. The molecule has 3 saturated carbocycles. The Morgan fingerprint density at radius 2 is 0.712 bits per heavy atom. The van der Waals surface area contributed by atoms with Crippen molar-refractivity contribution in [3.8, 4) is 33.4 Å². The zero-order valence-electron chi connectivity index (χ0n) is 58.1. The van der Waals surface area contributed by atoms with Crippen molar-refractivity contribution in [2.75, 3.05) is 13.2 Å². The van der Waals surface area contributed by atoms with Crippen molar-refractivity contribution in [1.29, 1.82) is 0 Å². The summed E-state index contributed by atoms with van der Waals surface area (Å²) in [6.07, 6.45) is 8.49. The Kier molecular flexibility index (Phi) is 40.7. The van der Waals surface area contributed by atoms with Gasteiger partial charge in [-0.05, 0) is 124 Å². The third kappa shape index (κ3) is 27.1. The summed E-state index contributed by atoms with van der Waals surface area (Å²) in [5, 5.41) is 92.5. The number of halogens is 5. The van der Waals surface area contributed by atoms with Crippen molar-refractivity contribution in [3.05, 3.63) is 215 Å².